The van der Waals surface area contributed by atoms with E-state index in [1.54, 1.807) is 23.8 Å². The van der Waals surface area contributed by atoms with E-state index >= 15 is 0 Å². The van der Waals surface area contributed by atoms with Gasteiger partial charge in [-0.05, 0) is 19.3 Å². The number of carbonyl (C=O) groups excluding carboxylic acids is 1. The van der Waals surface area contributed by atoms with E-state index in [1.165, 1.54) is 0 Å². The summed E-state index contributed by atoms with van der Waals surface area (Å²) >= 11 is 0. The molecule has 5 nitrogen and oxygen atoms in total. The lowest BCUT2D eigenvalue weighted by Crippen LogP contribution is -2.37. The van der Waals surface area contributed by atoms with Crippen LogP contribution in [0.3, 0.4) is 0 Å². The number of aliphatic carboxylic acids is 1. The van der Waals surface area contributed by atoms with Crippen LogP contribution in [-0.2, 0) is 4.79 Å². The highest BCUT2D eigenvalue weighted by atomic mass is 16.4. The molecular formula is C12H22N2O3. The lowest BCUT2D eigenvalue weighted by atomic mass is 10.0. The maximum absolute atomic E-state index is 12.0. The molecule has 2 unspecified atom stereocenters. The van der Waals surface area contributed by atoms with Crippen LogP contribution in [0, 0.1) is 5.92 Å². The first-order chi connectivity index (χ1) is 7.82. The molecule has 0 radical (unpaired) electrons. The number of amides is 2. The van der Waals surface area contributed by atoms with Gasteiger partial charge in [0.25, 0.3) is 0 Å². The third-order valence-corrected chi connectivity index (χ3v) is 3.25. The normalized spacial score (nSPS) is 22.4. The molecule has 0 aromatic rings. The third-order valence-electron chi connectivity index (χ3n) is 3.25. The van der Waals surface area contributed by atoms with Crippen molar-refractivity contribution in [1.82, 2.24) is 9.80 Å². The van der Waals surface area contributed by atoms with Gasteiger partial charge in [0.2, 0.25) is 0 Å². The van der Waals surface area contributed by atoms with Crippen LogP contribution in [0.2, 0.25) is 0 Å². The summed E-state index contributed by atoms with van der Waals surface area (Å²) in [4.78, 5) is 26.0. The Labute approximate surface area is 102 Å². The van der Waals surface area contributed by atoms with Crippen molar-refractivity contribution in [2.75, 3.05) is 13.6 Å². The summed E-state index contributed by atoms with van der Waals surface area (Å²) in [6.07, 6.45) is 0.965. The molecule has 2 atom stereocenters. The lowest BCUT2D eigenvalue weighted by Gasteiger charge is -2.22. The molecule has 17 heavy (non-hydrogen) atoms. The molecule has 1 heterocycles. The Bertz CT molecular complexity index is 304. The van der Waals surface area contributed by atoms with Gasteiger partial charge in [0.05, 0.1) is 12.5 Å². The zero-order chi connectivity index (χ0) is 13.2. The molecule has 1 N–H and O–H groups in total. The van der Waals surface area contributed by atoms with Crippen LogP contribution in [0.15, 0.2) is 0 Å². The number of likely N-dealkylation sites (N-methyl/N-ethyl adjacent to an activating group) is 1. The number of urea groups is 1. The highest BCUT2D eigenvalue weighted by Gasteiger charge is 2.37. The largest absolute Gasteiger partial charge is 0.481 e. The first-order valence-electron chi connectivity index (χ1n) is 6.08. The molecule has 0 aromatic carbocycles. The monoisotopic (exact) mass is 242 g/mol. The molecule has 0 aliphatic carbocycles. The number of rotatable bonds is 5. The zero-order valence-corrected chi connectivity index (χ0v) is 11.0. The maximum atomic E-state index is 12.0. The fourth-order valence-corrected chi connectivity index (χ4v) is 2.29. The van der Waals surface area contributed by atoms with Crippen LogP contribution in [0.25, 0.3) is 0 Å². The standard InChI is InChI=1S/C12H22N2O3/c1-8(2)5-10-7-14(12(17)13(10)4)9(3)6-11(15)16/h8-10H,5-7H2,1-4H3,(H,15,16). The Kier molecular flexibility index (Phi) is 4.37. The number of carboxylic acids is 1. The Morgan fingerprint density at radius 1 is 1.47 bits per heavy atom. The van der Waals surface area contributed by atoms with E-state index in [0.717, 1.165) is 6.42 Å². The van der Waals surface area contributed by atoms with E-state index in [4.69, 9.17) is 5.11 Å². The van der Waals surface area contributed by atoms with Crippen molar-refractivity contribution >= 4 is 12.0 Å². The summed E-state index contributed by atoms with van der Waals surface area (Å²) in [5, 5.41) is 8.76. The lowest BCUT2D eigenvalue weighted by molar-refractivity contribution is -0.137. The van der Waals surface area contributed by atoms with Crippen LogP contribution in [0.1, 0.15) is 33.6 Å². The maximum Gasteiger partial charge on any atom is 0.320 e. The van der Waals surface area contributed by atoms with Crippen LogP contribution in [0.5, 0.6) is 0 Å². The minimum Gasteiger partial charge on any atom is -0.481 e. The Hall–Kier alpha value is -1.26. The Morgan fingerprint density at radius 3 is 2.53 bits per heavy atom. The van der Waals surface area contributed by atoms with Gasteiger partial charge in [0.15, 0.2) is 0 Å². The van der Waals surface area contributed by atoms with Crippen molar-refractivity contribution in [3.8, 4) is 0 Å². The third kappa shape index (κ3) is 3.35. The molecule has 1 aliphatic heterocycles. The van der Waals surface area contributed by atoms with E-state index in [1.807, 2.05) is 0 Å². The SMILES string of the molecule is CC(C)CC1CN(C(C)CC(=O)O)C(=O)N1C. The second kappa shape index (κ2) is 5.38. The molecule has 1 saturated heterocycles. The molecule has 0 bridgehead atoms. The van der Waals surface area contributed by atoms with Gasteiger partial charge >= 0.3 is 12.0 Å². The van der Waals surface area contributed by atoms with Gasteiger partial charge in [-0.25, -0.2) is 4.79 Å². The van der Waals surface area contributed by atoms with E-state index in [0.29, 0.717) is 12.5 Å². The number of carbonyl (C=O) groups is 2. The number of hydrogen-bond acceptors (Lipinski definition) is 2. The van der Waals surface area contributed by atoms with Gasteiger partial charge < -0.3 is 14.9 Å². The van der Waals surface area contributed by atoms with Crippen LogP contribution < -0.4 is 0 Å². The average Bonchev–Trinajstić information content (AvgIpc) is 2.44. The first-order valence-corrected chi connectivity index (χ1v) is 6.08. The van der Waals surface area contributed by atoms with Crippen LogP contribution in [0.4, 0.5) is 4.79 Å². The predicted molar refractivity (Wildman–Crippen MR) is 64.8 cm³/mol. The van der Waals surface area contributed by atoms with E-state index in [9.17, 15) is 9.59 Å². The summed E-state index contributed by atoms with van der Waals surface area (Å²) in [5.74, 6) is -0.328. The molecule has 1 aliphatic rings. The van der Waals surface area contributed by atoms with Gasteiger partial charge in [-0.3, -0.25) is 4.79 Å². The second-order valence-electron chi connectivity index (χ2n) is 5.28. The Morgan fingerprint density at radius 2 is 2.06 bits per heavy atom. The molecule has 1 fully saturated rings. The smallest absolute Gasteiger partial charge is 0.320 e. The second-order valence-corrected chi connectivity index (χ2v) is 5.28. The summed E-state index contributed by atoms with van der Waals surface area (Å²) in [7, 11) is 1.79. The van der Waals surface area contributed by atoms with Crippen molar-refractivity contribution in [3.05, 3.63) is 0 Å². The fraction of sp³-hybridized carbons (Fsp3) is 0.833. The molecule has 0 spiro atoms. The highest BCUT2D eigenvalue weighted by molar-refractivity contribution is 5.78. The van der Waals surface area contributed by atoms with Crippen molar-refractivity contribution in [1.29, 1.82) is 0 Å². The number of hydrogen-bond donors (Lipinski definition) is 1. The average molecular weight is 242 g/mol. The van der Waals surface area contributed by atoms with Gasteiger partial charge in [0.1, 0.15) is 0 Å². The summed E-state index contributed by atoms with van der Waals surface area (Å²) < 4.78 is 0. The molecule has 0 aromatic heterocycles. The number of nitrogens with zero attached hydrogens (tertiary/aromatic N) is 2. The molecule has 0 saturated carbocycles. The van der Waals surface area contributed by atoms with E-state index in [-0.39, 0.29) is 24.5 Å². The van der Waals surface area contributed by atoms with Gasteiger partial charge in [-0.2, -0.15) is 0 Å². The first kappa shape index (κ1) is 13.8. The molecule has 98 valence electrons. The quantitative estimate of drug-likeness (QED) is 0.797. The number of carboxylic acid groups (broad SMARTS) is 1. The fourth-order valence-electron chi connectivity index (χ4n) is 2.29. The molecular weight excluding hydrogens is 220 g/mol. The van der Waals surface area contributed by atoms with Crippen LogP contribution in [-0.4, -0.2) is 52.6 Å². The van der Waals surface area contributed by atoms with Crippen molar-refractivity contribution in [2.45, 2.75) is 45.7 Å². The minimum absolute atomic E-state index is 0.00792. The van der Waals surface area contributed by atoms with Gasteiger partial charge in [-0.15, -0.1) is 0 Å². The summed E-state index contributed by atoms with van der Waals surface area (Å²) in [6, 6.07) is -0.0808. The molecule has 5 heteroatoms. The van der Waals surface area contributed by atoms with Gasteiger partial charge in [-0.1, -0.05) is 13.8 Å². The van der Waals surface area contributed by atoms with E-state index in [2.05, 4.69) is 13.8 Å². The Balaban J connectivity index is 2.64. The predicted octanol–water partition coefficient (Wildman–Crippen LogP) is 1.63. The van der Waals surface area contributed by atoms with Crippen molar-refractivity contribution in [3.63, 3.8) is 0 Å². The topological polar surface area (TPSA) is 60.9 Å². The van der Waals surface area contributed by atoms with Crippen molar-refractivity contribution < 1.29 is 14.7 Å². The molecule has 2 amide bonds. The summed E-state index contributed by atoms with van der Waals surface area (Å²) in [6.45, 7) is 6.68. The highest BCUT2D eigenvalue weighted by Crippen LogP contribution is 2.22. The summed E-state index contributed by atoms with van der Waals surface area (Å²) in [5.41, 5.74) is 0. The van der Waals surface area contributed by atoms with Gasteiger partial charge in [0, 0.05) is 19.6 Å². The van der Waals surface area contributed by atoms with Crippen LogP contribution >= 0.6 is 0 Å². The molecule has 1 rings (SSSR count). The minimum atomic E-state index is -0.861. The van der Waals surface area contributed by atoms with E-state index < -0.39 is 5.97 Å². The zero-order valence-electron chi connectivity index (χ0n) is 11.0. The van der Waals surface area contributed by atoms with Crippen molar-refractivity contribution in [2.24, 2.45) is 5.92 Å².